The summed E-state index contributed by atoms with van der Waals surface area (Å²) in [5.41, 5.74) is 2.54. The minimum absolute atomic E-state index is 0.461. The highest BCUT2D eigenvalue weighted by atomic mass is 32.2. The molecule has 110 valence electrons. The van der Waals surface area contributed by atoms with Crippen molar-refractivity contribution in [3.63, 3.8) is 0 Å². The number of rotatable bonds is 7. The maximum atomic E-state index is 5.45. The van der Waals surface area contributed by atoms with Gasteiger partial charge in [0.15, 0.2) is 0 Å². The smallest absolute Gasteiger partial charge is 0.240 e. The van der Waals surface area contributed by atoms with Crippen LogP contribution in [0.5, 0.6) is 0 Å². The lowest BCUT2D eigenvalue weighted by atomic mass is 10.3. The predicted molar refractivity (Wildman–Crippen MR) is 90.7 cm³/mol. The second-order valence-electron chi connectivity index (χ2n) is 4.59. The highest BCUT2D eigenvalue weighted by Gasteiger charge is 2.11. The minimum Gasteiger partial charge on any atom is -0.369 e. The lowest BCUT2D eigenvalue weighted by Gasteiger charge is -2.11. The van der Waals surface area contributed by atoms with Crippen LogP contribution in [0.15, 0.2) is 6.07 Å². The second kappa shape index (κ2) is 7.10. The van der Waals surface area contributed by atoms with Crippen LogP contribution in [0, 0.1) is 0 Å². The van der Waals surface area contributed by atoms with E-state index in [4.69, 9.17) is 5.84 Å². The van der Waals surface area contributed by atoms with Crippen LogP contribution < -0.4 is 16.6 Å². The van der Waals surface area contributed by atoms with Gasteiger partial charge in [-0.15, -0.1) is 11.3 Å². The molecule has 0 spiro atoms. The van der Waals surface area contributed by atoms with Gasteiger partial charge >= 0.3 is 0 Å². The van der Waals surface area contributed by atoms with E-state index in [1.54, 1.807) is 11.3 Å². The number of aryl methyl sites for hydroxylation is 1. The fraction of sp³-hybridized carbons (Fsp3) is 0.538. The van der Waals surface area contributed by atoms with Crippen molar-refractivity contribution in [1.82, 2.24) is 9.97 Å². The molecule has 0 saturated carbocycles. The highest BCUT2D eigenvalue weighted by molar-refractivity contribution is 7.99. The van der Waals surface area contributed by atoms with Crippen LogP contribution in [0.25, 0.3) is 10.2 Å². The number of thioether (sulfide) groups is 1. The summed E-state index contributed by atoms with van der Waals surface area (Å²) in [4.78, 5) is 11.1. The Kier molecular flexibility index (Phi) is 5.45. The molecule has 2 aromatic heterocycles. The fourth-order valence-electron chi connectivity index (χ4n) is 1.86. The third-order valence-corrected chi connectivity index (χ3v) is 5.38. The van der Waals surface area contributed by atoms with Gasteiger partial charge in [-0.25, -0.2) is 10.8 Å². The Morgan fingerprint density at radius 2 is 2.25 bits per heavy atom. The van der Waals surface area contributed by atoms with E-state index in [1.807, 2.05) is 11.8 Å². The normalized spacial score (nSPS) is 12.6. The Labute approximate surface area is 127 Å². The number of hydrogen-bond donors (Lipinski definition) is 3. The second-order valence-corrected chi connectivity index (χ2v) is 6.98. The van der Waals surface area contributed by atoms with Crippen molar-refractivity contribution < 1.29 is 0 Å². The first-order valence-corrected chi connectivity index (χ1v) is 8.82. The molecule has 0 bridgehead atoms. The molecule has 2 rings (SSSR count). The monoisotopic (exact) mass is 311 g/mol. The van der Waals surface area contributed by atoms with Crippen molar-refractivity contribution >= 4 is 45.1 Å². The summed E-state index contributed by atoms with van der Waals surface area (Å²) in [6, 6.07) is 2.17. The summed E-state index contributed by atoms with van der Waals surface area (Å²) < 4.78 is 0. The van der Waals surface area contributed by atoms with Crippen molar-refractivity contribution in [3.8, 4) is 0 Å². The summed E-state index contributed by atoms with van der Waals surface area (Å²) in [6.07, 6.45) is 4.24. The molecule has 0 saturated heterocycles. The number of thiophene rings is 1. The van der Waals surface area contributed by atoms with Crippen molar-refractivity contribution in [3.05, 3.63) is 10.9 Å². The summed E-state index contributed by atoms with van der Waals surface area (Å²) in [5.74, 6) is 6.77. The number of hydrazine groups is 1. The number of fused-ring (bicyclic) bond motifs is 1. The molecule has 4 N–H and O–H groups in total. The highest BCUT2D eigenvalue weighted by Crippen LogP contribution is 2.30. The molecule has 0 aromatic carbocycles. The van der Waals surface area contributed by atoms with Gasteiger partial charge in [0, 0.05) is 16.7 Å². The Bertz CT molecular complexity index is 569. The van der Waals surface area contributed by atoms with E-state index in [2.05, 4.69) is 46.9 Å². The number of aromatic nitrogens is 2. The van der Waals surface area contributed by atoms with Gasteiger partial charge in [0.05, 0.1) is 5.39 Å². The van der Waals surface area contributed by atoms with Crippen molar-refractivity contribution in [1.29, 1.82) is 0 Å². The predicted octanol–water partition coefficient (Wildman–Crippen LogP) is 3.09. The first-order valence-electron chi connectivity index (χ1n) is 6.71. The topological polar surface area (TPSA) is 75.9 Å². The average Bonchev–Trinajstić information content (AvgIpc) is 2.89. The van der Waals surface area contributed by atoms with Crippen molar-refractivity contribution in [2.45, 2.75) is 31.9 Å². The molecule has 2 aromatic rings. The summed E-state index contributed by atoms with van der Waals surface area (Å²) >= 11 is 3.57. The molecule has 1 unspecified atom stereocenters. The number of nitrogen functional groups attached to an aromatic ring is 1. The minimum atomic E-state index is 0.461. The molecule has 0 aliphatic carbocycles. The SMILES string of the molecule is CCc1cc2c(NCCC(C)SC)nc(NN)nc2s1. The Morgan fingerprint density at radius 3 is 2.90 bits per heavy atom. The lowest BCUT2D eigenvalue weighted by Crippen LogP contribution is -2.13. The van der Waals surface area contributed by atoms with E-state index in [1.165, 1.54) is 4.88 Å². The molecule has 5 nitrogen and oxygen atoms in total. The molecule has 7 heteroatoms. The van der Waals surface area contributed by atoms with Crippen LogP contribution in [0.1, 0.15) is 25.1 Å². The molecule has 0 amide bonds. The largest absolute Gasteiger partial charge is 0.369 e. The van der Waals surface area contributed by atoms with Gasteiger partial charge in [-0.2, -0.15) is 16.7 Å². The average molecular weight is 311 g/mol. The Morgan fingerprint density at radius 1 is 1.45 bits per heavy atom. The van der Waals surface area contributed by atoms with E-state index >= 15 is 0 Å². The number of nitrogens with two attached hydrogens (primary N) is 1. The number of hydrogen-bond acceptors (Lipinski definition) is 7. The van der Waals surface area contributed by atoms with E-state index in [9.17, 15) is 0 Å². The van der Waals surface area contributed by atoms with E-state index in [0.29, 0.717) is 11.2 Å². The van der Waals surface area contributed by atoms with E-state index < -0.39 is 0 Å². The zero-order chi connectivity index (χ0) is 14.5. The summed E-state index contributed by atoms with van der Waals surface area (Å²) in [5, 5.41) is 5.14. The third kappa shape index (κ3) is 3.53. The van der Waals surface area contributed by atoms with Crippen LogP contribution in [-0.4, -0.2) is 28.0 Å². The first-order chi connectivity index (χ1) is 9.67. The quantitative estimate of drug-likeness (QED) is 0.539. The molecule has 0 radical (unpaired) electrons. The lowest BCUT2D eigenvalue weighted by molar-refractivity contribution is 0.851. The summed E-state index contributed by atoms with van der Waals surface area (Å²) in [7, 11) is 0. The van der Waals surface area contributed by atoms with Crippen molar-refractivity contribution in [2.24, 2.45) is 5.84 Å². The van der Waals surface area contributed by atoms with Gasteiger partial charge in [0.25, 0.3) is 0 Å². The molecule has 2 heterocycles. The third-order valence-electron chi connectivity index (χ3n) is 3.17. The Hall–Kier alpha value is -1.05. The molecular weight excluding hydrogens is 290 g/mol. The van der Waals surface area contributed by atoms with Gasteiger partial charge < -0.3 is 5.32 Å². The summed E-state index contributed by atoms with van der Waals surface area (Å²) in [6.45, 7) is 5.28. The fourth-order valence-corrected chi connectivity index (χ4v) is 3.18. The molecule has 1 atom stereocenters. The van der Waals surface area contributed by atoms with Gasteiger partial charge in [-0.1, -0.05) is 13.8 Å². The molecular formula is C13H21N5S2. The number of nitrogens with one attached hydrogen (secondary N) is 2. The maximum absolute atomic E-state index is 5.45. The van der Waals surface area contributed by atoms with Gasteiger partial charge in [-0.05, 0) is 25.2 Å². The van der Waals surface area contributed by atoms with Gasteiger partial charge in [0.2, 0.25) is 5.95 Å². The van der Waals surface area contributed by atoms with E-state index in [0.717, 1.165) is 35.4 Å². The van der Waals surface area contributed by atoms with Gasteiger partial charge in [-0.3, -0.25) is 5.43 Å². The van der Waals surface area contributed by atoms with Crippen LogP contribution >= 0.6 is 23.1 Å². The molecule has 0 fully saturated rings. The number of nitrogens with zero attached hydrogens (tertiary/aromatic N) is 2. The van der Waals surface area contributed by atoms with Crippen LogP contribution in [0.4, 0.5) is 11.8 Å². The van der Waals surface area contributed by atoms with Crippen LogP contribution in [0.3, 0.4) is 0 Å². The standard InChI is InChI=1S/C13H21N5S2/c1-4-9-7-10-11(15-6-5-8(2)19-3)16-13(18-14)17-12(10)20-9/h7-8H,4-6,14H2,1-3H3,(H2,15,16,17,18). The van der Waals surface area contributed by atoms with Crippen molar-refractivity contribution in [2.75, 3.05) is 23.5 Å². The zero-order valence-electron chi connectivity index (χ0n) is 12.1. The van der Waals surface area contributed by atoms with Crippen LogP contribution in [-0.2, 0) is 6.42 Å². The molecule has 0 aliphatic rings. The zero-order valence-corrected chi connectivity index (χ0v) is 13.7. The van der Waals surface area contributed by atoms with Crippen LogP contribution in [0.2, 0.25) is 0 Å². The molecule has 0 aliphatic heterocycles. The van der Waals surface area contributed by atoms with Gasteiger partial charge in [0.1, 0.15) is 10.6 Å². The first kappa shape index (κ1) is 15.3. The number of anilines is 2. The Balaban J connectivity index is 2.23. The maximum Gasteiger partial charge on any atom is 0.240 e. The molecule has 20 heavy (non-hydrogen) atoms. The van der Waals surface area contributed by atoms with E-state index in [-0.39, 0.29) is 0 Å².